The van der Waals surface area contributed by atoms with Crippen molar-refractivity contribution in [3.05, 3.63) is 17.3 Å². The Labute approximate surface area is 119 Å². The van der Waals surface area contributed by atoms with Gasteiger partial charge >= 0.3 is 6.09 Å². The van der Waals surface area contributed by atoms with Crippen molar-refractivity contribution in [1.82, 2.24) is 14.9 Å². The first kappa shape index (κ1) is 12.7. The van der Waals surface area contributed by atoms with Crippen LogP contribution < -0.4 is 4.90 Å². The third-order valence-electron chi connectivity index (χ3n) is 3.30. The minimum Gasteiger partial charge on any atom is -0.465 e. The highest BCUT2D eigenvalue weighted by Gasteiger charge is 2.23. The van der Waals surface area contributed by atoms with Crippen LogP contribution in [0, 0.1) is 12.3 Å². The van der Waals surface area contributed by atoms with Crippen LogP contribution in [-0.2, 0) is 0 Å². The second-order valence-electron chi connectivity index (χ2n) is 4.43. The topological polar surface area (TPSA) is 69.6 Å². The molecule has 6 nitrogen and oxygen atoms in total. The molecule has 0 saturated carbocycles. The Kier molecular flexibility index (Phi) is 3.16. The molecule has 20 heavy (non-hydrogen) atoms. The van der Waals surface area contributed by atoms with E-state index in [1.807, 2.05) is 6.07 Å². The van der Waals surface area contributed by atoms with Gasteiger partial charge in [-0.05, 0) is 6.07 Å². The van der Waals surface area contributed by atoms with E-state index in [0.29, 0.717) is 26.2 Å². The molecule has 3 heterocycles. The largest absolute Gasteiger partial charge is 0.465 e. The highest BCUT2D eigenvalue weighted by Crippen LogP contribution is 2.30. The number of piperazine rings is 1. The zero-order chi connectivity index (χ0) is 14.1. The van der Waals surface area contributed by atoms with Crippen molar-refractivity contribution in [3.8, 4) is 12.3 Å². The highest BCUT2D eigenvalue weighted by molar-refractivity contribution is 7.19. The molecule has 0 unspecified atom stereocenters. The third kappa shape index (κ3) is 2.14. The number of fused-ring (bicyclic) bond motifs is 1. The van der Waals surface area contributed by atoms with Crippen molar-refractivity contribution in [3.63, 3.8) is 0 Å². The number of carbonyl (C=O) groups is 1. The predicted octanol–water partition coefficient (Wildman–Crippen LogP) is 1.47. The molecule has 2 aromatic rings. The van der Waals surface area contributed by atoms with E-state index in [0.717, 1.165) is 20.9 Å². The second-order valence-corrected chi connectivity index (χ2v) is 5.46. The first-order chi connectivity index (χ1) is 9.69. The summed E-state index contributed by atoms with van der Waals surface area (Å²) in [5, 5.41) is 9.90. The summed E-state index contributed by atoms with van der Waals surface area (Å²) in [7, 11) is 0. The number of amides is 1. The van der Waals surface area contributed by atoms with Crippen LogP contribution in [0.2, 0.25) is 0 Å². The van der Waals surface area contributed by atoms with E-state index < -0.39 is 6.09 Å². The summed E-state index contributed by atoms with van der Waals surface area (Å²) in [6, 6.07) is 1.92. The summed E-state index contributed by atoms with van der Waals surface area (Å²) in [5.74, 6) is 3.45. The average Bonchev–Trinajstić information content (AvgIpc) is 2.90. The third-order valence-corrected chi connectivity index (χ3v) is 4.27. The van der Waals surface area contributed by atoms with E-state index >= 15 is 0 Å². The molecule has 102 valence electrons. The Morgan fingerprint density at radius 3 is 2.75 bits per heavy atom. The molecule has 1 amide bonds. The van der Waals surface area contributed by atoms with Crippen molar-refractivity contribution in [1.29, 1.82) is 0 Å². The molecule has 0 aliphatic carbocycles. The Morgan fingerprint density at radius 1 is 1.35 bits per heavy atom. The molecule has 1 fully saturated rings. The van der Waals surface area contributed by atoms with Crippen molar-refractivity contribution >= 4 is 33.5 Å². The standard InChI is InChI=1S/C13H12N4O2S/c1-2-9-7-10-11(14-8-15-12(10)20-9)16-3-5-17(6-4-16)13(18)19/h1,7-8H,3-6H2,(H,18,19). The normalized spacial score (nSPS) is 15.3. The lowest BCUT2D eigenvalue weighted by atomic mass is 10.2. The predicted molar refractivity (Wildman–Crippen MR) is 77.2 cm³/mol. The summed E-state index contributed by atoms with van der Waals surface area (Å²) in [4.78, 5) is 24.7. The van der Waals surface area contributed by atoms with Gasteiger partial charge in [-0.1, -0.05) is 5.92 Å². The highest BCUT2D eigenvalue weighted by atomic mass is 32.1. The Balaban J connectivity index is 1.90. The van der Waals surface area contributed by atoms with Crippen LogP contribution in [0.25, 0.3) is 10.2 Å². The smallest absolute Gasteiger partial charge is 0.407 e. The van der Waals surface area contributed by atoms with E-state index in [1.54, 1.807) is 0 Å². The first-order valence-electron chi connectivity index (χ1n) is 6.13. The molecule has 0 atom stereocenters. The summed E-state index contributed by atoms with van der Waals surface area (Å²) < 4.78 is 0. The number of carboxylic acid groups (broad SMARTS) is 1. The number of hydrogen-bond donors (Lipinski definition) is 1. The molecule has 3 rings (SSSR count). The van der Waals surface area contributed by atoms with Crippen LogP contribution >= 0.6 is 11.3 Å². The molecule has 1 saturated heterocycles. The number of terminal acetylenes is 1. The number of thiophene rings is 1. The second kappa shape index (κ2) is 4.98. The maximum Gasteiger partial charge on any atom is 0.407 e. The average molecular weight is 288 g/mol. The molecule has 2 aromatic heterocycles. The molecule has 7 heteroatoms. The molecule has 1 aliphatic heterocycles. The van der Waals surface area contributed by atoms with Gasteiger partial charge in [0.15, 0.2) is 0 Å². The van der Waals surface area contributed by atoms with Gasteiger partial charge in [0, 0.05) is 26.2 Å². The van der Waals surface area contributed by atoms with Crippen molar-refractivity contribution in [2.24, 2.45) is 0 Å². The first-order valence-corrected chi connectivity index (χ1v) is 6.94. The summed E-state index contributed by atoms with van der Waals surface area (Å²) in [6.45, 7) is 2.21. The number of anilines is 1. The van der Waals surface area contributed by atoms with Gasteiger partial charge in [-0.2, -0.15) is 0 Å². The van der Waals surface area contributed by atoms with Crippen LogP contribution in [0.4, 0.5) is 10.6 Å². The van der Waals surface area contributed by atoms with Crippen LogP contribution in [0.3, 0.4) is 0 Å². The van der Waals surface area contributed by atoms with Gasteiger partial charge in [0.1, 0.15) is 17.0 Å². The van der Waals surface area contributed by atoms with Crippen LogP contribution in [0.1, 0.15) is 4.88 Å². The van der Waals surface area contributed by atoms with E-state index in [9.17, 15) is 4.79 Å². The van der Waals surface area contributed by atoms with Gasteiger partial charge in [0.2, 0.25) is 0 Å². The Morgan fingerprint density at radius 2 is 2.10 bits per heavy atom. The summed E-state index contributed by atoms with van der Waals surface area (Å²) in [5.41, 5.74) is 0. The molecule has 0 radical (unpaired) electrons. The Bertz CT molecular complexity index is 698. The fourth-order valence-electron chi connectivity index (χ4n) is 2.28. The molecular formula is C13H12N4O2S. The molecule has 0 spiro atoms. The lowest BCUT2D eigenvalue weighted by molar-refractivity contribution is 0.142. The van der Waals surface area contributed by atoms with E-state index in [1.165, 1.54) is 22.6 Å². The van der Waals surface area contributed by atoms with Gasteiger partial charge in [-0.3, -0.25) is 0 Å². The van der Waals surface area contributed by atoms with Crippen molar-refractivity contribution in [2.75, 3.05) is 31.1 Å². The quantitative estimate of drug-likeness (QED) is 0.805. The van der Waals surface area contributed by atoms with Gasteiger partial charge in [0.05, 0.1) is 10.3 Å². The fourth-order valence-corrected chi connectivity index (χ4v) is 3.08. The monoisotopic (exact) mass is 288 g/mol. The summed E-state index contributed by atoms with van der Waals surface area (Å²) in [6.07, 6.45) is 6.07. The molecule has 0 aromatic carbocycles. The summed E-state index contributed by atoms with van der Waals surface area (Å²) >= 11 is 1.46. The molecule has 1 aliphatic rings. The Hall–Kier alpha value is -2.33. The van der Waals surface area contributed by atoms with Crippen LogP contribution in [0.5, 0.6) is 0 Å². The van der Waals surface area contributed by atoms with Gasteiger partial charge in [-0.25, -0.2) is 14.8 Å². The minimum atomic E-state index is -0.873. The number of rotatable bonds is 1. The van der Waals surface area contributed by atoms with Gasteiger partial charge in [-0.15, -0.1) is 17.8 Å². The fraction of sp³-hybridized carbons (Fsp3) is 0.308. The molecule has 0 bridgehead atoms. The lowest BCUT2D eigenvalue weighted by Gasteiger charge is -2.33. The van der Waals surface area contributed by atoms with Crippen LogP contribution in [0.15, 0.2) is 12.4 Å². The zero-order valence-corrected chi connectivity index (χ0v) is 11.4. The van der Waals surface area contributed by atoms with Gasteiger partial charge in [0.25, 0.3) is 0 Å². The molecular weight excluding hydrogens is 276 g/mol. The number of nitrogens with zero attached hydrogens (tertiary/aromatic N) is 4. The van der Waals surface area contributed by atoms with Crippen molar-refractivity contribution in [2.45, 2.75) is 0 Å². The van der Waals surface area contributed by atoms with E-state index in [2.05, 4.69) is 20.8 Å². The SMILES string of the molecule is C#Cc1cc2c(N3CCN(C(=O)O)CC3)ncnc2s1. The maximum absolute atomic E-state index is 10.9. The number of hydrogen-bond acceptors (Lipinski definition) is 5. The maximum atomic E-state index is 10.9. The zero-order valence-electron chi connectivity index (χ0n) is 10.6. The van der Waals surface area contributed by atoms with Crippen molar-refractivity contribution < 1.29 is 9.90 Å². The minimum absolute atomic E-state index is 0.479. The number of aromatic nitrogens is 2. The van der Waals surface area contributed by atoms with E-state index in [-0.39, 0.29) is 0 Å². The molecule has 1 N–H and O–H groups in total. The van der Waals surface area contributed by atoms with Crippen LogP contribution in [-0.4, -0.2) is 52.2 Å². The van der Waals surface area contributed by atoms with E-state index in [4.69, 9.17) is 11.5 Å². The van der Waals surface area contributed by atoms with Gasteiger partial charge < -0.3 is 14.9 Å². The lowest BCUT2D eigenvalue weighted by Crippen LogP contribution is -2.48.